The topological polar surface area (TPSA) is 109 Å². The van der Waals surface area contributed by atoms with Crippen LogP contribution in [0.25, 0.3) is 22.3 Å². The monoisotopic (exact) mass is 493 g/mol. The maximum atomic E-state index is 14.7. The zero-order chi connectivity index (χ0) is 25.4. The predicted octanol–water partition coefficient (Wildman–Crippen LogP) is 4.16. The van der Waals surface area contributed by atoms with Crippen LogP contribution in [-0.4, -0.2) is 51.6 Å². The van der Waals surface area contributed by atoms with E-state index in [1.54, 1.807) is 13.8 Å². The molecule has 0 bridgehead atoms. The number of ether oxygens (including phenoxy) is 1. The van der Waals surface area contributed by atoms with E-state index in [9.17, 15) is 14.0 Å². The second-order valence-electron chi connectivity index (χ2n) is 10.0. The van der Waals surface area contributed by atoms with Crippen molar-refractivity contribution in [3.05, 3.63) is 41.3 Å². The Morgan fingerprint density at radius 2 is 1.97 bits per heavy atom. The molecule has 8 nitrogen and oxygen atoms in total. The molecule has 0 radical (unpaired) electrons. The van der Waals surface area contributed by atoms with Crippen molar-refractivity contribution in [2.75, 3.05) is 6.61 Å². The standard InChI is InChI=1S/C27H32FN5O3/c1-4-22(34)32-17-10-19(28)20(11-17)33-27(35)23-15(3)31-26-24(29-13-30-25(23)26)18-9-14(2)5-8-21(18)36-12-16-6-7-16/h5,8-9,13,16-17,19-20,31H,4,6-7,10-12H2,1-3H3,(H,32,34)(H,33,35). The Kier molecular flexibility index (Phi) is 6.64. The number of aromatic amines is 1. The van der Waals surface area contributed by atoms with Crippen LogP contribution in [0.4, 0.5) is 4.39 Å². The molecule has 2 heterocycles. The molecule has 0 saturated heterocycles. The van der Waals surface area contributed by atoms with Gasteiger partial charge in [0.05, 0.1) is 23.7 Å². The molecule has 3 N–H and O–H groups in total. The number of carbonyl (C=O) groups excluding carboxylic acids is 2. The molecule has 3 aromatic rings. The van der Waals surface area contributed by atoms with Gasteiger partial charge in [-0.3, -0.25) is 9.59 Å². The van der Waals surface area contributed by atoms with Crippen LogP contribution in [0.2, 0.25) is 0 Å². The highest BCUT2D eigenvalue weighted by Gasteiger charge is 2.37. The second-order valence-corrected chi connectivity index (χ2v) is 10.0. The molecule has 1 aromatic carbocycles. The number of nitrogens with one attached hydrogen (secondary N) is 3. The maximum absolute atomic E-state index is 14.7. The van der Waals surface area contributed by atoms with Crippen LogP contribution in [0.1, 0.15) is 60.6 Å². The lowest BCUT2D eigenvalue weighted by Crippen LogP contribution is -2.39. The summed E-state index contributed by atoms with van der Waals surface area (Å²) in [5, 5.41) is 5.66. The minimum absolute atomic E-state index is 0.118. The molecule has 2 aromatic heterocycles. The van der Waals surface area contributed by atoms with Crippen LogP contribution >= 0.6 is 0 Å². The maximum Gasteiger partial charge on any atom is 0.255 e. The quantitative estimate of drug-likeness (QED) is 0.437. The van der Waals surface area contributed by atoms with Crippen molar-refractivity contribution in [3.63, 3.8) is 0 Å². The first-order valence-corrected chi connectivity index (χ1v) is 12.6. The lowest BCUT2D eigenvalue weighted by molar-refractivity contribution is -0.121. The fourth-order valence-corrected chi connectivity index (χ4v) is 4.87. The van der Waals surface area contributed by atoms with Crippen LogP contribution in [0.3, 0.4) is 0 Å². The van der Waals surface area contributed by atoms with Gasteiger partial charge in [0.2, 0.25) is 5.91 Å². The highest BCUT2D eigenvalue weighted by atomic mass is 19.1. The van der Waals surface area contributed by atoms with Gasteiger partial charge in [-0.15, -0.1) is 0 Å². The fraction of sp³-hybridized carbons (Fsp3) is 0.481. The molecule has 3 unspecified atom stereocenters. The third-order valence-electron chi connectivity index (χ3n) is 7.05. The van der Waals surface area contributed by atoms with Crippen LogP contribution in [-0.2, 0) is 4.79 Å². The van der Waals surface area contributed by atoms with E-state index in [0.717, 1.165) is 16.9 Å². The molecule has 36 heavy (non-hydrogen) atoms. The Balaban J connectivity index is 1.42. The lowest BCUT2D eigenvalue weighted by Gasteiger charge is -2.15. The SMILES string of the molecule is CCC(=O)NC1CC(F)C(NC(=O)c2c(C)[nH]c3c(-c4cc(C)ccc4OCC4CC4)ncnc23)C1. The molecule has 0 spiro atoms. The van der Waals surface area contributed by atoms with Gasteiger partial charge in [-0.25, -0.2) is 14.4 Å². The summed E-state index contributed by atoms with van der Waals surface area (Å²) in [4.78, 5) is 37.3. The van der Waals surface area contributed by atoms with E-state index < -0.39 is 18.1 Å². The summed E-state index contributed by atoms with van der Waals surface area (Å²) in [6, 6.07) is 5.03. The predicted molar refractivity (Wildman–Crippen MR) is 135 cm³/mol. The molecular formula is C27H32FN5O3. The molecular weight excluding hydrogens is 461 g/mol. The van der Waals surface area contributed by atoms with E-state index in [1.807, 2.05) is 25.1 Å². The van der Waals surface area contributed by atoms with Gasteiger partial charge in [0, 0.05) is 30.1 Å². The molecule has 3 atom stereocenters. The molecule has 0 aliphatic heterocycles. The van der Waals surface area contributed by atoms with Gasteiger partial charge in [-0.05, 0) is 51.2 Å². The summed E-state index contributed by atoms with van der Waals surface area (Å²) >= 11 is 0. The summed E-state index contributed by atoms with van der Waals surface area (Å²) in [5.74, 6) is 0.843. The van der Waals surface area contributed by atoms with E-state index in [1.165, 1.54) is 19.2 Å². The van der Waals surface area contributed by atoms with Gasteiger partial charge in [0.1, 0.15) is 29.5 Å². The number of fused-ring (bicyclic) bond motifs is 1. The summed E-state index contributed by atoms with van der Waals surface area (Å²) in [6.07, 6.45) is 3.48. The Labute approximate surface area is 209 Å². The van der Waals surface area contributed by atoms with E-state index in [2.05, 4.69) is 25.6 Å². The van der Waals surface area contributed by atoms with Gasteiger partial charge >= 0.3 is 0 Å². The Morgan fingerprint density at radius 3 is 2.72 bits per heavy atom. The van der Waals surface area contributed by atoms with Gasteiger partial charge < -0.3 is 20.4 Å². The van der Waals surface area contributed by atoms with Crippen molar-refractivity contribution in [1.29, 1.82) is 0 Å². The Bertz CT molecular complexity index is 1300. The number of benzene rings is 1. The molecule has 190 valence electrons. The molecule has 9 heteroatoms. The van der Waals surface area contributed by atoms with E-state index >= 15 is 0 Å². The number of hydrogen-bond donors (Lipinski definition) is 3. The van der Waals surface area contributed by atoms with Gasteiger partial charge in [0.15, 0.2) is 0 Å². The minimum atomic E-state index is -1.23. The third-order valence-corrected chi connectivity index (χ3v) is 7.05. The number of hydrogen-bond acceptors (Lipinski definition) is 5. The van der Waals surface area contributed by atoms with Crippen LogP contribution in [0.5, 0.6) is 5.75 Å². The summed E-state index contributed by atoms with van der Waals surface area (Å²) < 4.78 is 20.8. The van der Waals surface area contributed by atoms with Crippen LogP contribution < -0.4 is 15.4 Å². The number of aromatic nitrogens is 3. The first kappa shape index (κ1) is 24.2. The normalized spacial score (nSPS) is 21.5. The van der Waals surface area contributed by atoms with Crippen molar-refractivity contribution in [2.45, 2.75) is 71.1 Å². The van der Waals surface area contributed by atoms with Gasteiger partial charge in [-0.1, -0.05) is 18.6 Å². The summed E-state index contributed by atoms with van der Waals surface area (Å²) in [6.45, 7) is 6.24. The third kappa shape index (κ3) is 4.92. The smallest absolute Gasteiger partial charge is 0.255 e. The first-order chi connectivity index (χ1) is 17.3. The molecule has 2 fully saturated rings. The number of carbonyl (C=O) groups is 2. The van der Waals surface area contributed by atoms with Crippen LogP contribution in [0, 0.1) is 19.8 Å². The average molecular weight is 494 g/mol. The van der Waals surface area contributed by atoms with Crippen molar-refractivity contribution in [3.8, 4) is 17.0 Å². The molecule has 2 amide bonds. The zero-order valence-corrected chi connectivity index (χ0v) is 20.9. The summed E-state index contributed by atoms with van der Waals surface area (Å²) in [7, 11) is 0. The number of H-pyrrole nitrogens is 1. The molecule has 2 saturated carbocycles. The van der Waals surface area contributed by atoms with E-state index in [4.69, 9.17) is 4.74 Å². The Morgan fingerprint density at radius 1 is 1.17 bits per heavy atom. The Hall–Kier alpha value is -3.49. The largest absolute Gasteiger partial charge is 0.493 e. The second kappa shape index (κ2) is 9.87. The number of amides is 2. The molecule has 2 aliphatic rings. The van der Waals surface area contributed by atoms with Crippen molar-refractivity contribution in [2.24, 2.45) is 5.92 Å². The van der Waals surface area contributed by atoms with E-state index in [-0.39, 0.29) is 18.4 Å². The van der Waals surface area contributed by atoms with Crippen molar-refractivity contribution < 1.29 is 18.7 Å². The lowest BCUT2D eigenvalue weighted by atomic mass is 10.1. The average Bonchev–Trinajstić information content (AvgIpc) is 3.53. The van der Waals surface area contributed by atoms with Crippen molar-refractivity contribution in [1.82, 2.24) is 25.6 Å². The van der Waals surface area contributed by atoms with Gasteiger partial charge in [0.25, 0.3) is 5.91 Å². The first-order valence-electron chi connectivity index (χ1n) is 12.6. The van der Waals surface area contributed by atoms with E-state index in [0.29, 0.717) is 53.4 Å². The number of halogens is 1. The molecule has 2 aliphatic carbocycles. The minimum Gasteiger partial charge on any atom is -0.493 e. The highest BCUT2D eigenvalue weighted by molar-refractivity contribution is 6.09. The highest BCUT2D eigenvalue weighted by Crippen LogP contribution is 2.37. The number of nitrogens with zero attached hydrogens (tertiary/aromatic N) is 2. The molecule has 5 rings (SSSR count). The van der Waals surface area contributed by atoms with Crippen molar-refractivity contribution >= 4 is 22.8 Å². The summed E-state index contributed by atoms with van der Waals surface area (Å²) in [5.41, 5.74) is 4.68. The number of aryl methyl sites for hydroxylation is 2. The number of alkyl halides is 1. The van der Waals surface area contributed by atoms with Crippen LogP contribution in [0.15, 0.2) is 24.5 Å². The van der Waals surface area contributed by atoms with Gasteiger partial charge in [-0.2, -0.15) is 0 Å². The zero-order valence-electron chi connectivity index (χ0n) is 20.9. The fourth-order valence-electron chi connectivity index (χ4n) is 4.87. The number of rotatable bonds is 8.